The van der Waals surface area contributed by atoms with E-state index in [0.717, 1.165) is 17.1 Å². The van der Waals surface area contributed by atoms with E-state index in [1.54, 1.807) is 30.7 Å². The van der Waals surface area contributed by atoms with Crippen LogP contribution >= 0.6 is 11.3 Å². The minimum atomic E-state index is -0.0863. The Kier molecular flexibility index (Phi) is 4.68. The molecule has 0 aromatic carbocycles. The van der Waals surface area contributed by atoms with Crippen LogP contribution in [-0.4, -0.2) is 25.7 Å². The lowest BCUT2D eigenvalue weighted by molar-refractivity contribution is 0.0988. The summed E-state index contributed by atoms with van der Waals surface area (Å²) in [6.07, 6.45) is 7.19. The zero-order valence-electron chi connectivity index (χ0n) is 12.5. The standard InChI is InChI=1S/C16H14N4O2S/c1-2-11-9-23-16(20-11)6-15(21)14-5-12(3-4-19-14)22-13-7-17-10-18-8-13/h3-5,7-10H,2,6H2,1H3. The molecule has 0 unspecified atom stereocenters. The summed E-state index contributed by atoms with van der Waals surface area (Å²) in [5.41, 5.74) is 1.36. The number of rotatable bonds is 6. The van der Waals surface area contributed by atoms with Crippen LogP contribution < -0.4 is 4.74 Å². The lowest BCUT2D eigenvalue weighted by Gasteiger charge is -2.05. The molecule has 0 saturated carbocycles. The second-order valence-electron chi connectivity index (χ2n) is 4.74. The number of aryl methyl sites for hydroxylation is 1. The van der Waals surface area contributed by atoms with Gasteiger partial charge in [0.1, 0.15) is 22.8 Å². The number of Topliss-reactive ketones (excluding diaryl/α,β-unsaturated/α-hetero) is 1. The van der Waals surface area contributed by atoms with E-state index in [4.69, 9.17) is 4.74 Å². The number of hydrogen-bond donors (Lipinski definition) is 0. The quantitative estimate of drug-likeness (QED) is 0.648. The summed E-state index contributed by atoms with van der Waals surface area (Å²) in [6.45, 7) is 2.04. The highest BCUT2D eigenvalue weighted by Crippen LogP contribution is 2.20. The number of hydrogen-bond acceptors (Lipinski definition) is 7. The van der Waals surface area contributed by atoms with Crippen molar-refractivity contribution in [2.75, 3.05) is 0 Å². The topological polar surface area (TPSA) is 77.9 Å². The predicted octanol–water partition coefficient (Wildman–Crippen LogP) is 3.11. The minimum absolute atomic E-state index is 0.0863. The van der Waals surface area contributed by atoms with Gasteiger partial charge in [-0.05, 0) is 12.5 Å². The number of aromatic nitrogens is 4. The van der Waals surface area contributed by atoms with Crippen molar-refractivity contribution >= 4 is 17.1 Å². The molecular weight excluding hydrogens is 312 g/mol. The first-order chi connectivity index (χ1) is 11.2. The van der Waals surface area contributed by atoms with Crippen molar-refractivity contribution in [3.05, 3.63) is 58.8 Å². The maximum Gasteiger partial charge on any atom is 0.188 e. The molecule has 0 aliphatic rings. The normalized spacial score (nSPS) is 10.5. The van der Waals surface area contributed by atoms with Gasteiger partial charge >= 0.3 is 0 Å². The number of thiazole rings is 1. The van der Waals surface area contributed by atoms with E-state index in [0.29, 0.717) is 17.2 Å². The number of pyridine rings is 1. The summed E-state index contributed by atoms with van der Waals surface area (Å²) in [4.78, 5) is 28.6. The van der Waals surface area contributed by atoms with Crippen molar-refractivity contribution in [3.8, 4) is 11.5 Å². The maximum atomic E-state index is 12.3. The van der Waals surface area contributed by atoms with Gasteiger partial charge in [-0.1, -0.05) is 6.92 Å². The van der Waals surface area contributed by atoms with Gasteiger partial charge in [-0.2, -0.15) is 0 Å². The Morgan fingerprint density at radius 2 is 2.09 bits per heavy atom. The van der Waals surface area contributed by atoms with E-state index in [-0.39, 0.29) is 12.2 Å². The van der Waals surface area contributed by atoms with Gasteiger partial charge in [0.05, 0.1) is 24.5 Å². The molecule has 0 radical (unpaired) electrons. The summed E-state index contributed by atoms with van der Waals surface area (Å²) in [5, 5.41) is 2.78. The van der Waals surface area contributed by atoms with Gasteiger partial charge in [-0.25, -0.2) is 15.0 Å². The molecule has 7 heteroatoms. The van der Waals surface area contributed by atoms with Crippen LogP contribution in [0.25, 0.3) is 0 Å². The molecule has 3 aromatic heterocycles. The average Bonchev–Trinajstić information content (AvgIpc) is 3.03. The second kappa shape index (κ2) is 7.06. The Labute approximate surface area is 137 Å². The SMILES string of the molecule is CCc1csc(CC(=O)c2cc(Oc3cncnc3)ccn2)n1. The summed E-state index contributed by atoms with van der Waals surface area (Å²) in [5.74, 6) is 0.938. The lowest BCUT2D eigenvalue weighted by atomic mass is 10.2. The van der Waals surface area contributed by atoms with Gasteiger partial charge in [0.2, 0.25) is 0 Å². The highest BCUT2D eigenvalue weighted by molar-refractivity contribution is 7.09. The molecule has 23 heavy (non-hydrogen) atoms. The molecule has 0 saturated heterocycles. The Hall–Kier alpha value is -2.67. The highest BCUT2D eigenvalue weighted by atomic mass is 32.1. The van der Waals surface area contributed by atoms with Crippen LogP contribution in [0.5, 0.6) is 11.5 Å². The fraction of sp³-hybridized carbons (Fsp3) is 0.188. The van der Waals surface area contributed by atoms with E-state index >= 15 is 0 Å². The first kappa shape index (κ1) is 15.2. The zero-order valence-corrected chi connectivity index (χ0v) is 13.3. The van der Waals surface area contributed by atoms with Crippen LogP contribution in [0, 0.1) is 0 Å². The lowest BCUT2D eigenvalue weighted by Crippen LogP contribution is -2.06. The number of carbonyl (C=O) groups excluding carboxylic acids is 1. The smallest absolute Gasteiger partial charge is 0.188 e. The van der Waals surface area contributed by atoms with Crippen molar-refractivity contribution in [3.63, 3.8) is 0 Å². The van der Waals surface area contributed by atoms with Crippen LogP contribution in [0.15, 0.2) is 42.4 Å². The molecule has 0 aliphatic carbocycles. The van der Waals surface area contributed by atoms with Crippen LogP contribution in [0.2, 0.25) is 0 Å². The number of ketones is 1. The number of carbonyl (C=O) groups is 1. The van der Waals surface area contributed by atoms with Crippen LogP contribution in [-0.2, 0) is 12.8 Å². The van der Waals surface area contributed by atoms with E-state index in [9.17, 15) is 4.79 Å². The molecule has 0 aliphatic heterocycles. The van der Waals surface area contributed by atoms with Crippen LogP contribution in [0.4, 0.5) is 0 Å². The third kappa shape index (κ3) is 3.95. The van der Waals surface area contributed by atoms with Gasteiger partial charge in [0.15, 0.2) is 11.5 Å². The Balaban J connectivity index is 1.72. The summed E-state index contributed by atoms with van der Waals surface area (Å²) >= 11 is 1.50. The van der Waals surface area contributed by atoms with Gasteiger partial charge in [-0.15, -0.1) is 11.3 Å². The summed E-state index contributed by atoms with van der Waals surface area (Å²) in [6, 6.07) is 3.30. The molecule has 0 fully saturated rings. The average molecular weight is 326 g/mol. The molecule has 6 nitrogen and oxygen atoms in total. The molecular formula is C16H14N4O2S. The summed E-state index contributed by atoms with van der Waals surface area (Å²) < 4.78 is 5.61. The van der Waals surface area contributed by atoms with Crippen molar-refractivity contribution < 1.29 is 9.53 Å². The summed E-state index contributed by atoms with van der Waals surface area (Å²) in [7, 11) is 0. The van der Waals surface area contributed by atoms with Crippen molar-refractivity contribution in [2.45, 2.75) is 19.8 Å². The largest absolute Gasteiger partial charge is 0.454 e. The minimum Gasteiger partial charge on any atom is -0.454 e. The first-order valence-corrected chi connectivity index (χ1v) is 7.98. The van der Waals surface area contributed by atoms with Crippen molar-refractivity contribution in [1.82, 2.24) is 19.9 Å². The predicted molar refractivity (Wildman–Crippen MR) is 85.9 cm³/mol. The van der Waals surface area contributed by atoms with Crippen LogP contribution in [0.3, 0.4) is 0 Å². The monoisotopic (exact) mass is 326 g/mol. The van der Waals surface area contributed by atoms with E-state index < -0.39 is 0 Å². The molecule has 3 heterocycles. The fourth-order valence-electron chi connectivity index (χ4n) is 1.92. The molecule has 3 rings (SSSR count). The van der Waals surface area contributed by atoms with E-state index in [1.165, 1.54) is 17.7 Å². The first-order valence-electron chi connectivity index (χ1n) is 7.10. The Morgan fingerprint density at radius 1 is 1.26 bits per heavy atom. The maximum absolute atomic E-state index is 12.3. The highest BCUT2D eigenvalue weighted by Gasteiger charge is 2.12. The van der Waals surface area contributed by atoms with E-state index in [1.807, 2.05) is 12.3 Å². The van der Waals surface area contributed by atoms with E-state index in [2.05, 4.69) is 19.9 Å². The molecule has 0 N–H and O–H groups in total. The molecule has 116 valence electrons. The van der Waals surface area contributed by atoms with Gasteiger partial charge in [0, 0.05) is 17.6 Å². The second-order valence-corrected chi connectivity index (χ2v) is 5.68. The third-order valence-electron chi connectivity index (χ3n) is 3.06. The fourth-order valence-corrected chi connectivity index (χ4v) is 2.80. The molecule has 0 amide bonds. The number of nitrogens with zero attached hydrogens (tertiary/aromatic N) is 4. The van der Waals surface area contributed by atoms with Crippen molar-refractivity contribution in [2.24, 2.45) is 0 Å². The zero-order chi connectivity index (χ0) is 16.1. The molecule has 3 aromatic rings. The van der Waals surface area contributed by atoms with Crippen molar-refractivity contribution in [1.29, 1.82) is 0 Å². The van der Waals surface area contributed by atoms with Gasteiger partial charge in [0.25, 0.3) is 0 Å². The van der Waals surface area contributed by atoms with Gasteiger partial charge < -0.3 is 4.74 Å². The Morgan fingerprint density at radius 3 is 2.83 bits per heavy atom. The Bertz CT molecular complexity index is 805. The molecule has 0 bridgehead atoms. The third-order valence-corrected chi connectivity index (χ3v) is 3.96. The number of ether oxygens (including phenoxy) is 1. The van der Waals surface area contributed by atoms with Gasteiger partial charge in [-0.3, -0.25) is 9.78 Å². The molecule has 0 spiro atoms. The molecule has 0 atom stereocenters. The van der Waals surface area contributed by atoms with Crippen LogP contribution in [0.1, 0.15) is 28.1 Å².